The molecule has 1 aliphatic rings. The molecule has 1 heterocycles. The van der Waals surface area contributed by atoms with E-state index in [0.29, 0.717) is 17.2 Å². The normalized spacial score (nSPS) is 12.8. The van der Waals surface area contributed by atoms with Crippen molar-refractivity contribution in [2.24, 2.45) is 5.16 Å². The number of hydrogen-bond donors (Lipinski definition) is 1. The summed E-state index contributed by atoms with van der Waals surface area (Å²) in [5.74, 6) is 1.13. The SMILES string of the molecule is C/C(=N/OCC(=O)Nc1ccc(C)cc1)c1ccc2c(c1)OCO2. The maximum atomic E-state index is 11.8. The lowest BCUT2D eigenvalue weighted by atomic mass is 10.1. The van der Waals surface area contributed by atoms with E-state index in [0.717, 1.165) is 16.8 Å². The van der Waals surface area contributed by atoms with Crippen molar-refractivity contribution in [3.63, 3.8) is 0 Å². The third-order valence-electron chi connectivity index (χ3n) is 3.52. The van der Waals surface area contributed by atoms with Gasteiger partial charge in [-0.05, 0) is 44.2 Å². The highest BCUT2D eigenvalue weighted by Gasteiger charge is 2.14. The number of carbonyl (C=O) groups is 1. The van der Waals surface area contributed by atoms with Crippen molar-refractivity contribution in [2.75, 3.05) is 18.7 Å². The zero-order valence-electron chi connectivity index (χ0n) is 13.5. The van der Waals surface area contributed by atoms with Gasteiger partial charge in [-0.2, -0.15) is 0 Å². The van der Waals surface area contributed by atoms with Gasteiger partial charge in [0.15, 0.2) is 18.1 Å². The fourth-order valence-corrected chi connectivity index (χ4v) is 2.20. The predicted octanol–water partition coefficient (Wildman–Crippen LogP) is 3.10. The highest BCUT2D eigenvalue weighted by molar-refractivity contribution is 5.99. The first-order valence-corrected chi connectivity index (χ1v) is 7.55. The summed E-state index contributed by atoms with van der Waals surface area (Å²) in [6.07, 6.45) is 0. The van der Waals surface area contributed by atoms with Crippen LogP contribution in [0.2, 0.25) is 0 Å². The first-order valence-electron chi connectivity index (χ1n) is 7.55. The summed E-state index contributed by atoms with van der Waals surface area (Å²) in [6, 6.07) is 13.1. The second-order valence-electron chi connectivity index (χ2n) is 5.43. The molecule has 2 aromatic rings. The first kappa shape index (κ1) is 15.9. The molecule has 0 atom stereocenters. The molecule has 1 N–H and O–H groups in total. The van der Waals surface area contributed by atoms with Crippen molar-refractivity contribution in [1.29, 1.82) is 0 Å². The topological polar surface area (TPSA) is 69.2 Å². The van der Waals surface area contributed by atoms with E-state index in [1.807, 2.05) is 49.4 Å². The van der Waals surface area contributed by atoms with Crippen LogP contribution in [0, 0.1) is 6.92 Å². The quantitative estimate of drug-likeness (QED) is 0.677. The second kappa shape index (κ2) is 7.04. The van der Waals surface area contributed by atoms with Gasteiger partial charge in [0, 0.05) is 11.3 Å². The second-order valence-corrected chi connectivity index (χ2v) is 5.43. The van der Waals surface area contributed by atoms with Crippen LogP contribution in [0.15, 0.2) is 47.6 Å². The summed E-state index contributed by atoms with van der Waals surface area (Å²) < 4.78 is 10.6. The molecule has 0 aromatic heterocycles. The van der Waals surface area contributed by atoms with Gasteiger partial charge in [0.2, 0.25) is 6.79 Å². The molecule has 24 heavy (non-hydrogen) atoms. The number of fused-ring (bicyclic) bond motifs is 1. The average Bonchev–Trinajstić information content (AvgIpc) is 3.04. The number of amides is 1. The lowest BCUT2D eigenvalue weighted by molar-refractivity contribution is -0.120. The summed E-state index contributed by atoms with van der Waals surface area (Å²) in [7, 11) is 0. The Morgan fingerprint density at radius 2 is 1.92 bits per heavy atom. The summed E-state index contributed by atoms with van der Waals surface area (Å²) in [5, 5.41) is 6.72. The van der Waals surface area contributed by atoms with E-state index in [2.05, 4.69) is 10.5 Å². The standard InChI is InChI=1S/C18H18N2O4/c1-12-3-6-15(7-4-12)19-18(21)10-24-20-13(2)14-5-8-16-17(9-14)23-11-22-16/h3-9H,10-11H2,1-2H3,(H,19,21)/b20-13-. The van der Waals surface area contributed by atoms with Gasteiger partial charge in [-0.25, -0.2) is 0 Å². The molecule has 0 saturated heterocycles. The summed E-state index contributed by atoms with van der Waals surface area (Å²) in [5.41, 5.74) is 3.36. The molecule has 0 spiro atoms. The maximum absolute atomic E-state index is 11.8. The molecule has 0 fully saturated rings. The van der Waals surface area contributed by atoms with Crippen LogP contribution in [-0.2, 0) is 9.63 Å². The van der Waals surface area contributed by atoms with Crippen LogP contribution < -0.4 is 14.8 Å². The molecular weight excluding hydrogens is 308 g/mol. The van der Waals surface area contributed by atoms with Gasteiger partial charge in [0.05, 0.1) is 5.71 Å². The molecule has 6 heteroatoms. The Hall–Kier alpha value is -3.02. The van der Waals surface area contributed by atoms with Crippen molar-refractivity contribution in [1.82, 2.24) is 0 Å². The van der Waals surface area contributed by atoms with Crippen LogP contribution in [-0.4, -0.2) is 25.0 Å². The lowest BCUT2D eigenvalue weighted by Crippen LogP contribution is -2.17. The first-order chi connectivity index (χ1) is 11.6. The van der Waals surface area contributed by atoms with Crippen LogP contribution in [0.3, 0.4) is 0 Å². The zero-order chi connectivity index (χ0) is 16.9. The smallest absolute Gasteiger partial charge is 0.265 e. The summed E-state index contributed by atoms with van der Waals surface area (Å²) in [6.45, 7) is 3.86. The van der Waals surface area contributed by atoms with Crippen LogP contribution in [0.25, 0.3) is 0 Å². The number of anilines is 1. The van der Waals surface area contributed by atoms with E-state index in [9.17, 15) is 4.79 Å². The Labute approximate surface area is 140 Å². The minimum Gasteiger partial charge on any atom is -0.454 e. The van der Waals surface area contributed by atoms with Gasteiger partial charge in [-0.3, -0.25) is 4.79 Å². The fraction of sp³-hybridized carbons (Fsp3) is 0.222. The van der Waals surface area contributed by atoms with E-state index in [1.165, 1.54) is 0 Å². The number of hydrogen-bond acceptors (Lipinski definition) is 5. The molecule has 124 valence electrons. The molecular formula is C18H18N2O4. The van der Waals surface area contributed by atoms with E-state index < -0.39 is 0 Å². The van der Waals surface area contributed by atoms with E-state index in [1.54, 1.807) is 6.92 Å². The van der Waals surface area contributed by atoms with Crippen molar-refractivity contribution in [3.8, 4) is 11.5 Å². The molecule has 0 aliphatic carbocycles. The number of benzene rings is 2. The molecule has 1 amide bonds. The molecule has 1 aliphatic heterocycles. The van der Waals surface area contributed by atoms with Crippen LogP contribution in [0.4, 0.5) is 5.69 Å². The van der Waals surface area contributed by atoms with Gasteiger partial charge >= 0.3 is 0 Å². The highest BCUT2D eigenvalue weighted by atomic mass is 16.7. The molecule has 0 bridgehead atoms. The van der Waals surface area contributed by atoms with Crippen molar-refractivity contribution >= 4 is 17.3 Å². The third-order valence-corrected chi connectivity index (χ3v) is 3.52. The summed E-state index contributed by atoms with van der Waals surface area (Å²) >= 11 is 0. The van der Waals surface area contributed by atoms with Gasteiger partial charge < -0.3 is 19.6 Å². The van der Waals surface area contributed by atoms with Gasteiger partial charge in [-0.1, -0.05) is 22.9 Å². The van der Waals surface area contributed by atoms with Crippen LogP contribution >= 0.6 is 0 Å². The number of aryl methyl sites for hydroxylation is 1. The molecule has 3 rings (SSSR count). The van der Waals surface area contributed by atoms with E-state index >= 15 is 0 Å². The number of nitrogens with one attached hydrogen (secondary N) is 1. The van der Waals surface area contributed by atoms with E-state index in [4.69, 9.17) is 14.3 Å². The zero-order valence-corrected chi connectivity index (χ0v) is 13.5. The van der Waals surface area contributed by atoms with Crippen molar-refractivity contribution in [3.05, 3.63) is 53.6 Å². The van der Waals surface area contributed by atoms with Crippen LogP contribution in [0.1, 0.15) is 18.1 Å². The number of nitrogens with zero attached hydrogens (tertiary/aromatic N) is 1. The Morgan fingerprint density at radius 3 is 2.71 bits per heavy atom. The monoisotopic (exact) mass is 326 g/mol. The molecule has 2 aromatic carbocycles. The van der Waals surface area contributed by atoms with E-state index in [-0.39, 0.29) is 19.3 Å². The van der Waals surface area contributed by atoms with Crippen molar-refractivity contribution < 1.29 is 19.1 Å². The summed E-state index contributed by atoms with van der Waals surface area (Å²) in [4.78, 5) is 17.0. The minimum atomic E-state index is -0.263. The highest BCUT2D eigenvalue weighted by Crippen LogP contribution is 2.32. The van der Waals surface area contributed by atoms with Crippen molar-refractivity contribution in [2.45, 2.75) is 13.8 Å². The lowest BCUT2D eigenvalue weighted by Gasteiger charge is -2.06. The molecule has 0 saturated carbocycles. The molecule has 0 unspecified atom stereocenters. The minimum absolute atomic E-state index is 0.157. The predicted molar refractivity (Wildman–Crippen MR) is 90.5 cm³/mol. The maximum Gasteiger partial charge on any atom is 0.265 e. The fourth-order valence-electron chi connectivity index (χ4n) is 2.20. The number of rotatable bonds is 5. The Kier molecular flexibility index (Phi) is 4.65. The Balaban J connectivity index is 1.53. The van der Waals surface area contributed by atoms with Gasteiger partial charge in [-0.15, -0.1) is 0 Å². The van der Waals surface area contributed by atoms with Gasteiger partial charge in [0.1, 0.15) is 0 Å². The molecule has 0 radical (unpaired) electrons. The number of ether oxygens (including phenoxy) is 2. The van der Waals surface area contributed by atoms with Crippen LogP contribution in [0.5, 0.6) is 11.5 Å². The largest absolute Gasteiger partial charge is 0.454 e. The average molecular weight is 326 g/mol. The number of carbonyl (C=O) groups excluding carboxylic acids is 1. The number of oxime groups is 1. The van der Waals surface area contributed by atoms with Gasteiger partial charge in [0.25, 0.3) is 5.91 Å². The Bertz CT molecular complexity index is 769. The third kappa shape index (κ3) is 3.84. The Morgan fingerprint density at radius 1 is 1.17 bits per heavy atom. The molecule has 6 nitrogen and oxygen atoms in total.